The quantitative estimate of drug-likeness (QED) is 0.771. The van der Waals surface area contributed by atoms with Crippen LogP contribution in [0.5, 0.6) is 11.5 Å². The number of methoxy groups -OCH3 is 1. The number of carbonyl (C=O) groups excluding carboxylic acids is 2. The molecule has 3 rings (SSSR count). The maximum absolute atomic E-state index is 12.3. The number of ether oxygens (including phenoxy) is 4. The number of carbonyl (C=O) groups is 2. The summed E-state index contributed by atoms with van der Waals surface area (Å²) < 4.78 is 21.5. The van der Waals surface area contributed by atoms with Gasteiger partial charge in [-0.1, -0.05) is 0 Å². The molecule has 0 radical (unpaired) electrons. The van der Waals surface area contributed by atoms with E-state index in [9.17, 15) is 9.59 Å². The molecule has 2 atom stereocenters. The number of rotatable bonds is 5. The van der Waals surface area contributed by atoms with E-state index in [-0.39, 0.29) is 12.2 Å². The largest absolute Gasteiger partial charge is 0.493 e. The van der Waals surface area contributed by atoms with E-state index >= 15 is 0 Å². The Balaban J connectivity index is 1.69. The van der Waals surface area contributed by atoms with Crippen LogP contribution in [-0.2, 0) is 14.3 Å². The number of benzene rings is 1. The minimum Gasteiger partial charge on any atom is -0.493 e. The van der Waals surface area contributed by atoms with Gasteiger partial charge in [-0.05, 0) is 50.8 Å². The molecule has 1 aliphatic carbocycles. The molecule has 0 bridgehead atoms. The number of hydrogen-bond acceptors (Lipinski definition) is 6. The van der Waals surface area contributed by atoms with Crippen LogP contribution in [0.3, 0.4) is 0 Å². The van der Waals surface area contributed by atoms with E-state index in [2.05, 4.69) is 0 Å². The molecular weight excluding hydrogens is 312 g/mol. The van der Waals surface area contributed by atoms with Gasteiger partial charge in [0.05, 0.1) is 18.8 Å². The fourth-order valence-electron chi connectivity index (χ4n) is 3.09. The Morgan fingerprint density at radius 2 is 1.96 bits per heavy atom. The first-order valence-electron chi connectivity index (χ1n) is 8.33. The summed E-state index contributed by atoms with van der Waals surface area (Å²) in [5, 5.41) is 0. The van der Waals surface area contributed by atoms with Crippen molar-refractivity contribution in [1.29, 1.82) is 0 Å². The Morgan fingerprint density at radius 1 is 1.21 bits per heavy atom. The van der Waals surface area contributed by atoms with Crippen LogP contribution < -0.4 is 9.47 Å². The van der Waals surface area contributed by atoms with E-state index in [1.165, 1.54) is 20.0 Å². The smallest absolute Gasteiger partial charge is 0.347 e. The number of cyclic esters (lactones) is 1. The second-order valence-electron chi connectivity index (χ2n) is 6.27. The van der Waals surface area contributed by atoms with Gasteiger partial charge in [-0.3, -0.25) is 0 Å². The highest BCUT2D eigenvalue weighted by atomic mass is 16.6. The molecule has 1 aromatic carbocycles. The molecule has 6 heteroatoms. The zero-order valence-corrected chi connectivity index (χ0v) is 13.9. The van der Waals surface area contributed by atoms with Gasteiger partial charge >= 0.3 is 11.9 Å². The lowest BCUT2D eigenvalue weighted by Crippen LogP contribution is -2.22. The van der Waals surface area contributed by atoms with E-state index in [1.807, 2.05) is 0 Å². The maximum Gasteiger partial charge on any atom is 0.347 e. The van der Waals surface area contributed by atoms with Crippen molar-refractivity contribution in [3.63, 3.8) is 0 Å². The van der Waals surface area contributed by atoms with Gasteiger partial charge in [0.1, 0.15) is 6.10 Å². The summed E-state index contributed by atoms with van der Waals surface area (Å²) in [6.45, 7) is 1.77. The average molecular weight is 334 g/mol. The summed E-state index contributed by atoms with van der Waals surface area (Å²) in [5.41, 5.74) is 0.318. The molecule has 6 nitrogen and oxygen atoms in total. The molecule has 1 saturated carbocycles. The predicted molar refractivity (Wildman–Crippen MR) is 85.3 cm³/mol. The molecule has 1 saturated heterocycles. The van der Waals surface area contributed by atoms with E-state index < -0.39 is 18.0 Å². The van der Waals surface area contributed by atoms with Gasteiger partial charge in [-0.2, -0.15) is 0 Å². The third-order valence-electron chi connectivity index (χ3n) is 4.37. The van der Waals surface area contributed by atoms with Crippen LogP contribution in [-0.4, -0.2) is 37.4 Å². The predicted octanol–water partition coefficient (Wildman–Crippen LogP) is 2.88. The van der Waals surface area contributed by atoms with Crippen molar-refractivity contribution in [2.75, 3.05) is 7.11 Å². The van der Waals surface area contributed by atoms with E-state index in [4.69, 9.17) is 18.9 Å². The molecule has 1 heterocycles. The highest BCUT2D eigenvalue weighted by Crippen LogP contribution is 2.32. The molecule has 0 unspecified atom stereocenters. The van der Waals surface area contributed by atoms with Crippen molar-refractivity contribution >= 4 is 11.9 Å². The van der Waals surface area contributed by atoms with Crippen molar-refractivity contribution in [2.24, 2.45) is 0 Å². The lowest BCUT2D eigenvalue weighted by Gasteiger charge is -2.16. The Kier molecular flexibility index (Phi) is 4.92. The third-order valence-corrected chi connectivity index (χ3v) is 4.37. The van der Waals surface area contributed by atoms with Gasteiger partial charge in [0.15, 0.2) is 11.5 Å². The van der Waals surface area contributed by atoms with Crippen LogP contribution in [0.4, 0.5) is 0 Å². The van der Waals surface area contributed by atoms with Crippen LogP contribution in [0.2, 0.25) is 0 Å². The van der Waals surface area contributed by atoms with Gasteiger partial charge < -0.3 is 18.9 Å². The van der Waals surface area contributed by atoms with Gasteiger partial charge in [0, 0.05) is 6.42 Å². The maximum atomic E-state index is 12.3. The minimum atomic E-state index is -0.840. The van der Waals surface area contributed by atoms with E-state index in [0.717, 1.165) is 12.8 Å². The first kappa shape index (κ1) is 16.6. The summed E-state index contributed by atoms with van der Waals surface area (Å²) in [5.74, 6) is 0.0364. The number of hydrogen-bond donors (Lipinski definition) is 0. The van der Waals surface area contributed by atoms with Crippen LogP contribution >= 0.6 is 0 Å². The topological polar surface area (TPSA) is 71.1 Å². The molecule has 24 heavy (non-hydrogen) atoms. The molecule has 1 aromatic rings. The molecule has 2 fully saturated rings. The highest BCUT2D eigenvalue weighted by Gasteiger charge is 2.35. The van der Waals surface area contributed by atoms with Crippen LogP contribution in [0.25, 0.3) is 0 Å². The summed E-state index contributed by atoms with van der Waals surface area (Å²) >= 11 is 0. The monoisotopic (exact) mass is 334 g/mol. The van der Waals surface area contributed by atoms with Crippen LogP contribution in [0, 0.1) is 0 Å². The zero-order valence-electron chi connectivity index (χ0n) is 13.9. The van der Waals surface area contributed by atoms with Gasteiger partial charge in [0.2, 0.25) is 6.10 Å². The van der Waals surface area contributed by atoms with Crippen molar-refractivity contribution < 1.29 is 28.5 Å². The minimum absolute atomic E-state index is 0.200. The Morgan fingerprint density at radius 3 is 2.58 bits per heavy atom. The standard InChI is InChI=1S/C18H22O6/c1-11-9-16(18(20)22-11)24-17(19)12-7-8-14(15(10-12)21-2)23-13-5-3-4-6-13/h7-8,10-11,13,16H,3-6,9H2,1-2H3/t11-,16+/m0/s1. The lowest BCUT2D eigenvalue weighted by molar-refractivity contribution is -0.147. The van der Waals surface area contributed by atoms with E-state index in [1.54, 1.807) is 25.1 Å². The second-order valence-corrected chi connectivity index (χ2v) is 6.27. The Bertz CT molecular complexity index is 620. The lowest BCUT2D eigenvalue weighted by atomic mass is 10.2. The van der Waals surface area contributed by atoms with Crippen LogP contribution in [0.1, 0.15) is 49.4 Å². The molecular formula is C18H22O6. The molecule has 2 aliphatic rings. The molecule has 0 N–H and O–H groups in total. The SMILES string of the molecule is COc1cc(C(=O)O[C@@H]2C[C@H](C)OC2=O)ccc1OC1CCCC1. The summed E-state index contributed by atoms with van der Waals surface area (Å²) in [6.07, 6.45) is 3.93. The van der Waals surface area contributed by atoms with Gasteiger partial charge in [-0.25, -0.2) is 9.59 Å². The Labute approximate surface area is 141 Å². The summed E-state index contributed by atoms with van der Waals surface area (Å²) in [4.78, 5) is 23.8. The highest BCUT2D eigenvalue weighted by molar-refractivity contribution is 5.92. The van der Waals surface area contributed by atoms with Crippen molar-refractivity contribution in [2.45, 2.75) is 57.3 Å². The van der Waals surface area contributed by atoms with Gasteiger partial charge in [-0.15, -0.1) is 0 Å². The van der Waals surface area contributed by atoms with Crippen molar-refractivity contribution in [3.8, 4) is 11.5 Å². The normalized spacial score (nSPS) is 23.8. The molecule has 0 aromatic heterocycles. The first-order valence-corrected chi connectivity index (χ1v) is 8.33. The fraction of sp³-hybridized carbons (Fsp3) is 0.556. The Hall–Kier alpha value is -2.24. The summed E-state index contributed by atoms with van der Waals surface area (Å²) in [6, 6.07) is 4.92. The fourth-order valence-corrected chi connectivity index (χ4v) is 3.09. The second kappa shape index (κ2) is 7.11. The zero-order chi connectivity index (χ0) is 17.1. The van der Waals surface area contributed by atoms with Crippen LogP contribution in [0.15, 0.2) is 18.2 Å². The average Bonchev–Trinajstić information content (AvgIpc) is 3.17. The molecule has 0 spiro atoms. The number of esters is 2. The molecule has 1 aliphatic heterocycles. The van der Waals surface area contributed by atoms with Gasteiger partial charge in [0.25, 0.3) is 0 Å². The third kappa shape index (κ3) is 3.63. The summed E-state index contributed by atoms with van der Waals surface area (Å²) in [7, 11) is 1.53. The van der Waals surface area contributed by atoms with Crippen molar-refractivity contribution in [1.82, 2.24) is 0 Å². The van der Waals surface area contributed by atoms with Crippen molar-refractivity contribution in [3.05, 3.63) is 23.8 Å². The molecule has 130 valence electrons. The van der Waals surface area contributed by atoms with E-state index in [0.29, 0.717) is 23.5 Å². The first-order chi connectivity index (χ1) is 11.6. The molecule has 0 amide bonds.